The number of carboxylic acids is 1. The van der Waals surface area contributed by atoms with Crippen molar-refractivity contribution < 1.29 is 104 Å². The third-order valence-corrected chi connectivity index (χ3v) is 33.2. The van der Waals surface area contributed by atoms with E-state index in [0.29, 0.717) is 102 Å². The topological polar surface area (TPSA) is 387 Å². The van der Waals surface area contributed by atoms with Crippen molar-refractivity contribution in [2.24, 2.45) is 5.92 Å². The van der Waals surface area contributed by atoms with Crippen molar-refractivity contribution in [2.75, 3.05) is 80.7 Å². The Morgan fingerprint density at radius 3 is 1.10 bits per heavy atom. The van der Waals surface area contributed by atoms with Gasteiger partial charge in [-0.1, -0.05) is 47.1 Å². The molecule has 6 aliphatic carbocycles. The van der Waals surface area contributed by atoms with E-state index in [1.54, 1.807) is 74.7 Å². The van der Waals surface area contributed by atoms with Gasteiger partial charge in [-0.25, -0.2) is 94.2 Å². The number of ether oxygens (including phenoxy) is 5. The van der Waals surface area contributed by atoms with E-state index < -0.39 is 86.4 Å². The summed E-state index contributed by atoms with van der Waals surface area (Å²) < 4.78 is 188. The number of alkyl halides is 7. The van der Waals surface area contributed by atoms with Gasteiger partial charge in [-0.15, -0.1) is 0 Å². The number of carbonyl (C=O) groups is 2. The molecule has 770 valence electrons. The molecule has 6 saturated carbocycles. The second-order valence-electron chi connectivity index (χ2n) is 39.1. The molecule has 5 aliphatic heterocycles. The number of carboxylic acid groups (broad SMARTS) is 1. The fourth-order valence-corrected chi connectivity index (χ4v) is 22.1. The molecule has 20 rings (SSSR count). The molecule has 3 aromatic carbocycles. The third kappa shape index (κ3) is 32.7. The molecule has 0 radical (unpaired) electrons. The minimum Gasteiger partial charge on any atom is -0.481 e. The quantitative estimate of drug-likeness (QED) is 0.0209. The number of aliphatic hydroxyl groups excluding tert-OH is 1. The van der Waals surface area contributed by atoms with Crippen molar-refractivity contribution in [1.82, 2.24) is 64.7 Å². The molecule has 6 aromatic heterocycles. The first-order chi connectivity index (χ1) is 68.1. The number of rotatable bonds is 22. The zero-order valence-electron chi connectivity index (χ0n) is 81.9. The maximum atomic E-state index is 13.3. The van der Waals surface area contributed by atoms with Crippen LogP contribution >= 0.6 is 15.9 Å². The monoisotopic (exact) mass is 2100 g/mol. The van der Waals surface area contributed by atoms with Gasteiger partial charge >= 0.3 is 18.3 Å². The van der Waals surface area contributed by atoms with Gasteiger partial charge in [0, 0.05) is 197 Å². The predicted octanol–water partition coefficient (Wildman–Crippen LogP) is 18.0. The maximum absolute atomic E-state index is 13.3. The fourth-order valence-electron chi connectivity index (χ4n) is 16.6. The zero-order chi connectivity index (χ0) is 103. The summed E-state index contributed by atoms with van der Waals surface area (Å²) in [5.74, 6) is 8.37. The van der Waals surface area contributed by atoms with Gasteiger partial charge in [-0.3, -0.25) is 9.59 Å². The van der Waals surface area contributed by atoms with Crippen LogP contribution in [0.5, 0.6) is 0 Å². The van der Waals surface area contributed by atoms with Crippen LogP contribution in [0.2, 0.25) is 0 Å². The number of sulfone groups is 3. The first kappa shape index (κ1) is 110. The lowest BCUT2D eigenvalue weighted by molar-refractivity contribution is -0.462. The van der Waals surface area contributed by atoms with Gasteiger partial charge in [0.15, 0.2) is 48.2 Å². The van der Waals surface area contributed by atoms with E-state index in [-0.39, 0.29) is 78.4 Å². The zero-order valence-corrected chi connectivity index (χ0v) is 85.9. The van der Waals surface area contributed by atoms with E-state index in [0.717, 1.165) is 152 Å². The molecule has 143 heavy (non-hydrogen) atoms. The molecule has 40 heteroatoms. The van der Waals surface area contributed by atoms with Gasteiger partial charge in [-0.05, 0) is 209 Å². The summed E-state index contributed by atoms with van der Waals surface area (Å²) in [4.78, 5) is 73.4. The number of aliphatic hydroxyl groups is 1. The van der Waals surface area contributed by atoms with Gasteiger partial charge in [0.05, 0.1) is 83.2 Å². The molecule has 0 spiro atoms. The first-order valence-corrected chi connectivity index (χ1v) is 54.3. The number of hydrogen-bond donors (Lipinski definition) is 2. The molecule has 11 fully saturated rings. The molecule has 6 unspecified atom stereocenters. The van der Waals surface area contributed by atoms with E-state index in [4.69, 9.17) is 28.8 Å². The Balaban J connectivity index is 0.000000142. The standard InChI is InChI=1S/C20H21F3N2O3S.C19H19F3N2O3S.C19H22N2O3S.C13H18N2O.C12H16N2O2.C10H21N3.C8H8N2O.C2H3BrO2/c1-19(29(26,27)16-4-2-3-15(9-16)20(21,22)23)7-8-28-17(10-19)14-11-24-18(25-12-14)13-5-6-13;20-19(21,22)14-2-1-3-15(8-14)28(25,26)16-6-7-27-17(9-16)13-10-23-18(24-11-13)12-4-5-12;1-13-3-2-4-16(9-13)25(22,23)17-7-8-24-18(10-17)15-11-20-19(21-12-15)14-5-6-14;1-9-4-5-16-12(6-9)11-7-14-13(15-8-11)10-2-3-10;15-10-3-4-16-11(5-10)9-6-13-12(14-7-9)8-1-2-8;1-11(2)7-10(8-12(3)4)9-13(5)6;11-5-6-3-9-8(10-4-6)7-1-2-7;3-1-2(4)5/h2-4,9,11-13,17H,5-8,10H2,1H3;1-3,8,10-12,16-17H,4-7,9H2;2-4,9,11-12,14,17-18H,5-8,10H2,1H3;7-10,12H,2-6H2,1H3;6-8,10-11,15H,1-5H2;7-9H,1-6H3;3-5,7H,1-2H2;1H2,(H,4,5)/q;;;;;+2;;/t;16?,17-;17?,18-;9?,12-;10?,11-;;;/m.1111.../s1. The third-order valence-electron chi connectivity index (χ3n) is 25.8. The molecular weight excluding hydrogens is 1980 g/mol. The van der Waals surface area contributed by atoms with Crippen molar-refractivity contribution in [3.05, 3.63) is 244 Å². The van der Waals surface area contributed by atoms with Crippen molar-refractivity contribution in [2.45, 2.75) is 276 Å². The number of aryl methyl sites for hydroxylation is 1. The first-order valence-electron chi connectivity index (χ1n) is 48.6. The summed E-state index contributed by atoms with van der Waals surface area (Å²) >= 11 is 2.71. The summed E-state index contributed by atoms with van der Waals surface area (Å²) in [6.45, 7) is 8.08. The highest BCUT2D eigenvalue weighted by molar-refractivity contribution is 9.09. The molecule has 11 heterocycles. The number of benzene rings is 3. The Morgan fingerprint density at radius 1 is 0.455 bits per heavy atom. The highest BCUT2D eigenvalue weighted by Crippen LogP contribution is 2.48. The average molecular weight is 2110 g/mol. The van der Waals surface area contributed by atoms with E-state index >= 15 is 0 Å². The largest absolute Gasteiger partial charge is 0.481 e. The molecule has 30 nitrogen and oxygen atoms in total. The SMILES string of the molecule is CC1(S(=O)(=O)c2cccc(C(F)(F)F)c2)CCOC(c2cnc(C3CC3)nc2)C1.CC1CCO[C@@H](c2cnc(C3CC3)nc2)C1.CN(C)C=C(C=[N+](C)C)C=[N+](C)C.Cc1cccc(S(=O)(=O)C2CCO[C@@H](c3cnc(C4CC4)nc3)C2)c1.O=C(O)CBr.O=Cc1cnc(C2CC2)nc1.O=S(=O)(c1cccc(C(F)(F)F)c1)C1CCO[C@@H](c2cnc(C3CC3)nc2)C1.OC1CCO[C@@H](c2cnc(C3CC3)nc2)C1. The highest BCUT2D eigenvalue weighted by Gasteiger charge is 2.47. The number of halogens is 7. The van der Waals surface area contributed by atoms with E-state index in [2.05, 4.69) is 101 Å². The molecule has 11 aliphatic rings. The molecule has 9 aromatic rings. The van der Waals surface area contributed by atoms with Gasteiger partial charge < -0.3 is 38.8 Å². The Bertz CT molecular complexity index is 6070. The summed E-state index contributed by atoms with van der Waals surface area (Å²) in [5.41, 5.74) is 5.11. The summed E-state index contributed by atoms with van der Waals surface area (Å²) in [5, 5.41) is 16.0. The van der Waals surface area contributed by atoms with Crippen LogP contribution in [0.15, 0.2) is 174 Å². The molecule has 5 saturated heterocycles. The highest BCUT2D eigenvalue weighted by atomic mass is 79.9. The van der Waals surface area contributed by atoms with Crippen LogP contribution in [-0.2, 0) is 70.3 Å². The van der Waals surface area contributed by atoms with Crippen molar-refractivity contribution in [1.29, 1.82) is 0 Å². The van der Waals surface area contributed by atoms with Crippen LogP contribution in [-0.4, -0.2) is 236 Å². The van der Waals surface area contributed by atoms with E-state index in [9.17, 15) is 66.3 Å². The fraction of sp³-hybridized carbons (Fsp3) is 0.534. The number of nitrogens with zero attached hydrogens (tertiary/aromatic N) is 15. The lowest BCUT2D eigenvalue weighted by Gasteiger charge is -2.37. The minimum atomic E-state index is -4.61. The summed E-state index contributed by atoms with van der Waals surface area (Å²) in [6, 6.07) is 14.9. The van der Waals surface area contributed by atoms with Crippen LogP contribution in [0.3, 0.4) is 0 Å². The lowest BCUT2D eigenvalue weighted by Crippen LogP contribution is -2.42. The summed E-state index contributed by atoms with van der Waals surface area (Å²) in [7, 11) is 0.831. The van der Waals surface area contributed by atoms with E-state index in [1.807, 2.05) is 94.1 Å². The van der Waals surface area contributed by atoms with Crippen LogP contribution in [0.4, 0.5) is 26.3 Å². The van der Waals surface area contributed by atoms with Gasteiger partial charge in [-0.2, -0.15) is 26.3 Å². The van der Waals surface area contributed by atoms with Gasteiger partial charge in [0.25, 0.3) is 0 Å². The van der Waals surface area contributed by atoms with Gasteiger partial charge in [0.2, 0.25) is 0 Å². The summed E-state index contributed by atoms with van der Waals surface area (Å²) in [6.07, 6.45) is 36.8. The Hall–Kier alpha value is -10.2. The number of aldehydes is 1. The van der Waals surface area contributed by atoms with E-state index in [1.165, 1.54) is 62.7 Å². The number of aromatic nitrogens is 12. The molecule has 0 amide bonds. The number of aliphatic carboxylic acids is 1. The lowest BCUT2D eigenvalue weighted by atomic mass is 9.93. The molecule has 0 bridgehead atoms. The number of allylic oxidation sites excluding steroid dienone is 1. The molecular formula is C103H128BrF6N15O15S3+2. The van der Waals surface area contributed by atoms with Crippen LogP contribution in [0, 0.1) is 12.8 Å². The Kier molecular flexibility index (Phi) is 38.3. The van der Waals surface area contributed by atoms with Crippen LogP contribution in [0.25, 0.3) is 0 Å². The van der Waals surface area contributed by atoms with Gasteiger partial charge in [0.1, 0.15) is 74.0 Å². The van der Waals surface area contributed by atoms with Crippen molar-refractivity contribution in [3.63, 3.8) is 0 Å². The second kappa shape index (κ2) is 49.8. The number of carbonyl (C=O) groups excluding carboxylic acids is 1. The second-order valence-corrected chi connectivity index (χ2v) is 46.6. The Labute approximate surface area is 840 Å². The van der Waals surface area contributed by atoms with Crippen molar-refractivity contribution in [3.8, 4) is 0 Å². The maximum Gasteiger partial charge on any atom is 0.416 e. The Morgan fingerprint density at radius 2 is 0.769 bits per heavy atom. The number of hydrogen-bond acceptors (Lipinski definition) is 27. The minimum absolute atomic E-state index is 0.0306. The van der Waals surface area contributed by atoms with Crippen LogP contribution < -0.4 is 0 Å². The smallest absolute Gasteiger partial charge is 0.416 e. The van der Waals surface area contributed by atoms with Crippen LogP contribution in [0.1, 0.15) is 311 Å². The molecule has 2 N–H and O–H groups in total. The van der Waals surface area contributed by atoms with Crippen molar-refractivity contribution >= 4 is 70.1 Å². The molecule has 10 atom stereocenters. The average Bonchev–Trinajstić information content (AvgIpc) is 1.63. The normalized spacial score (nSPS) is 23.2. The predicted molar refractivity (Wildman–Crippen MR) is 525 cm³/mol.